The van der Waals surface area contributed by atoms with E-state index in [0.29, 0.717) is 55.8 Å². The number of piperidine rings is 1. The number of nitrogens with one attached hydrogen (secondary N) is 2. The molecule has 0 radical (unpaired) electrons. The van der Waals surface area contributed by atoms with Crippen LogP contribution < -0.4 is 15.4 Å². The van der Waals surface area contributed by atoms with E-state index in [4.69, 9.17) is 4.74 Å². The van der Waals surface area contributed by atoms with Gasteiger partial charge < -0.3 is 20.3 Å². The number of likely N-dealkylation sites (tertiary alicyclic amines) is 1. The van der Waals surface area contributed by atoms with Crippen LogP contribution in [0.2, 0.25) is 0 Å². The van der Waals surface area contributed by atoms with Gasteiger partial charge >= 0.3 is 0 Å². The molecule has 2 N–H and O–H groups in total. The molecule has 3 amide bonds. The van der Waals surface area contributed by atoms with E-state index in [0.717, 1.165) is 5.56 Å². The number of fused-ring (bicyclic) bond motifs is 1. The van der Waals surface area contributed by atoms with Gasteiger partial charge in [-0.25, -0.2) is 0 Å². The molecule has 0 bridgehead atoms. The zero-order valence-electron chi connectivity index (χ0n) is 22.7. The van der Waals surface area contributed by atoms with E-state index in [1.165, 1.54) is 0 Å². The number of benzene rings is 2. The van der Waals surface area contributed by atoms with Gasteiger partial charge in [0.2, 0.25) is 5.91 Å². The third-order valence-electron chi connectivity index (χ3n) is 7.84. The highest BCUT2D eigenvalue weighted by atomic mass is 16.5. The van der Waals surface area contributed by atoms with E-state index < -0.39 is 5.41 Å². The van der Waals surface area contributed by atoms with Crippen LogP contribution in [0.15, 0.2) is 79.0 Å². The number of hydrogen-bond donors (Lipinski definition) is 2. The van der Waals surface area contributed by atoms with E-state index in [-0.39, 0.29) is 36.9 Å². The first-order valence-electron chi connectivity index (χ1n) is 13.7. The number of carbonyl (C=O) groups excluding carboxylic acids is 3. The van der Waals surface area contributed by atoms with Crippen molar-refractivity contribution in [3.63, 3.8) is 0 Å². The average Bonchev–Trinajstić information content (AvgIpc) is 3.41. The number of carbonyl (C=O) groups is 3. The Hall–Kier alpha value is -4.40. The second-order valence-corrected chi connectivity index (χ2v) is 10.5. The highest BCUT2D eigenvalue weighted by Crippen LogP contribution is 2.37. The van der Waals surface area contributed by atoms with E-state index in [9.17, 15) is 14.4 Å². The summed E-state index contributed by atoms with van der Waals surface area (Å²) in [6, 6.07) is 18.5. The maximum absolute atomic E-state index is 14.0. The molecule has 5 rings (SSSR count). The maximum Gasteiger partial charge on any atom is 0.272 e. The third-order valence-corrected chi connectivity index (χ3v) is 7.84. The van der Waals surface area contributed by atoms with Crippen LogP contribution in [0.5, 0.6) is 5.75 Å². The monoisotopic (exact) mass is 541 g/mol. The van der Waals surface area contributed by atoms with Gasteiger partial charge in [0.05, 0.1) is 17.0 Å². The molecular weight excluding hydrogens is 506 g/mol. The summed E-state index contributed by atoms with van der Waals surface area (Å²) in [7, 11) is 1.75. The molecule has 1 atom stereocenters. The summed E-state index contributed by atoms with van der Waals surface area (Å²) in [5.41, 5.74) is 1.38. The molecule has 1 saturated heterocycles. The molecule has 2 aliphatic rings. The van der Waals surface area contributed by atoms with Crippen LogP contribution in [0.25, 0.3) is 0 Å². The van der Waals surface area contributed by atoms with Crippen molar-refractivity contribution in [2.24, 2.45) is 12.5 Å². The number of para-hydroxylation sites is 1. The number of rotatable bonds is 3. The van der Waals surface area contributed by atoms with Crippen LogP contribution in [-0.2, 0) is 18.3 Å². The Kier molecular flexibility index (Phi) is 8.28. The highest BCUT2D eigenvalue weighted by Gasteiger charge is 2.42. The Bertz CT molecular complexity index is 1380. The predicted molar refractivity (Wildman–Crippen MR) is 151 cm³/mol. The Morgan fingerprint density at radius 2 is 1.77 bits per heavy atom. The summed E-state index contributed by atoms with van der Waals surface area (Å²) in [4.78, 5) is 42.0. The zero-order valence-corrected chi connectivity index (χ0v) is 22.7. The first-order chi connectivity index (χ1) is 19.4. The number of nitrogens with zero attached hydrogens (tertiary/aromatic N) is 3. The molecule has 9 nitrogen and oxygen atoms in total. The number of aromatic nitrogens is 2. The summed E-state index contributed by atoms with van der Waals surface area (Å²) in [6.45, 7) is 1.49. The minimum atomic E-state index is -0.680. The quantitative estimate of drug-likeness (QED) is 0.496. The summed E-state index contributed by atoms with van der Waals surface area (Å²) in [6.07, 6.45) is 7.65. The average molecular weight is 542 g/mol. The van der Waals surface area contributed by atoms with Crippen molar-refractivity contribution >= 4 is 17.7 Å². The molecule has 3 aromatic rings. The molecular formula is C31H35N5O4. The number of hydrogen-bond acceptors (Lipinski definition) is 5. The molecule has 1 spiro atoms. The van der Waals surface area contributed by atoms with Crippen LogP contribution in [0.4, 0.5) is 0 Å². The van der Waals surface area contributed by atoms with Gasteiger partial charge in [-0.2, -0.15) is 5.10 Å². The minimum absolute atomic E-state index is 0.0571. The summed E-state index contributed by atoms with van der Waals surface area (Å²) in [5, 5.41) is 10.4. The topological polar surface area (TPSA) is 106 Å². The minimum Gasteiger partial charge on any atom is -0.489 e. The normalized spacial score (nSPS) is 20.4. The Morgan fingerprint density at radius 3 is 2.52 bits per heavy atom. The molecule has 2 aromatic carbocycles. The molecule has 2 aliphatic heterocycles. The fourth-order valence-corrected chi connectivity index (χ4v) is 5.42. The van der Waals surface area contributed by atoms with E-state index in [1.54, 1.807) is 47.1 Å². The van der Waals surface area contributed by atoms with Crippen LogP contribution in [0, 0.1) is 5.41 Å². The summed E-state index contributed by atoms with van der Waals surface area (Å²) < 4.78 is 7.49. The molecule has 3 heterocycles. The van der Waals surface area contributed by atoms with Crippen molar-refractivity contribution in [1.29, 1.82) is 0 Å². The van der Waals surface area contributed by atoms with Gasteiger partial charge in [0, 0.05) is 32.9 Å². The fourth-order valence-electron chi connectivity index (χ4n) is 5.42. The van der Waals surface area contributed by atoms with Crippen LogP contribution in [0.3, 0.4) is 0 Å². The van der Waals surface area contributed by atoms with Crippen LogP contribution in [0.1, 0.15) is 45.7 Å². The SMILES string of the molecule is Cn1nccc1C(=O)N1CCC2(C/C=C/COc3ccccc3C(=O)NC[C@@H](Cc3ccccc3)NC2=O)CC1. The lowest BCUT2D eigenvalue weighted by Crippen LogP contribution is -2.54. The maximum atomic E-state index is 14.0. The second kappa shape index (κ2) is 12.2. The van der Waals surface area contributed by atoms with Gasteiger partial charge in [0.1, 0.15) is 18.1 Å². The number of allylic oxidation sites excluding steroid dienone is 1. The first-order valence-corrected chi connectivity index (χ1v) is 13.7. The third kappa shape index (κ3) is 6.09. The van der Waals surface area contributed by atoms with Crippen molar-refractivity contribution in [2.45, 2.75) is 31.7 Å². The van der Waals surface area contributed by atoms with Crippen molar-refractivity contribution in [3.05, 3.63) is 95.8 Å². The first kappa shape index (κ1) is 27.2. The molecule has 9 heteroatoms. The smallest absolute Gasteiger partial charge is 0.272 e. The fraction of sp³-hybridized carbons (Fsp3) is 0.355. The molecule has 0 unspecified atom stereocenters. The predicted octanol–water partition coefficient (Wildman–Crippen LogP) is 3.14. The number of amides is 3. The van der Waals surface area contributed by atoms with Crippen molar-refractivity contribution < 1.29 is 19.1 Å². The molecule has 0 aliphatic carbocycles. The van der Waals surface area contributed by atoms with Crippen LogP contribution >= 0.6 is 0 Å². The van der Waals surface area contributed by atoms with E-state index in [1.807, 2.05) is 48.6 Å². The lowest BCUT2D eigenvalue weighted by Gasteiger charge is -2.41. The van der Waals surface area contributed by atoms with Gasteiger partial charge in [-0.05, 0) is 49.4 Å². The summed E-state index contributed by atoms with van der Waals surface area (Å²) in [5.74, 6) is 0.129. The Morgan fingerprint density at radius 1 is 1.02 bits per heavy atom. The summed E-state index contributed by atoms with van der Waals surface area (Å²) >= 11 is 0. The lowest BCUT2D eigenvalue weighted by molar-refractivity contribution is -0.134. The van der Waals surface area contributed by atoms with Gasteiger partial charge in [-0.15, -0.1) is 0 Å². The van der Waals surface area contributed by atoms with Gasteiger partial charge in [-0.1, -0.05) is 54.6 Å². The number of ether oxygens (including phenoxy) is 1. The number of aryl methyl sites for hydroxylation is 1. The van der Waals surface area contributed by atoms with Crippen molar-refractivity contribution in [2.75, 3.05) is 26.2 Å². The Labute approximate surface area is 234 Å². The highest BCUT2D eigenvalue weighted by molar-refractivity contribution is 5.97. The van der Waals surface area contributed by atoms with Crippen molar-refractivity contribution in [1.82, 2.24) is 25.3 Å². The van der Waals surface area contributed by atoms with E-state index >= 15 is 0 Å². The molecule has 1 aromatic heterocycles. The molecule has 1 fully saturated rings. The van der Waals surface area contributed by atoms with Gasteiger partial charge in [-0.3, -0.25) is 19.1 Å². The second-order valence-electron chi connectivity index (χ2n) is 10.5. The standard InChI is InChI=1S/C31H35N5O4/c1-35-26(13-17-33-35)29(38)36-18-15-31(16-19-36)14-7-8-20-40-27-12-6-5-11-25(27)28(37)32-22-24(34-30(31)39)21-23-9-3-2-4-10-23/h2-13,17,24H,14-16,18-22H2,1H3,(H,32,37)(H,34,39)/b8-7+/t24-/m1/s1. The molecule has 40 heavy (non-hydrogen) atoms. The van der Waals surface area contributed by atoms with Gasteiger partial charge in [0.15, 0.2) is 0 Å². The molecule has 0 saturated carbocycles. The van der Waals surface area contributed by atoms with Gasteiger partial charge in [0.25, 0.3) is 11.8 Å². The van der Waals surface area contributed by atoms with Crippen LogP contribution in [-0.4, -0.2) is 64.7 Å². The van der Waals surface area contributed by atoms with E-state index in [2.05, 4.69) is 15.7 Å². The Balaban J connectivity index is 1.38. The largest absolute Gasteiger partial charge is 0.489 e. The molecule has 208 valence electrons. The zero-order chi connectivity index (χ0) is 28.0. The lowest BCUT2D eigenvalue weighted by atomic mass is 9.74. The van der Waals surface area contributed by atoms with Crippen molar-refractivity contribution in [3.8, 4) is 5.75 Å².